The van der Waals surface area contributed by atoms with Crippen LogP contribution in [-0.2, 0) is 4.74 Å². The van der Waals surface area contributed by atoms with Gasteiger partial charge in [0, 0.05) is 12.5 Å². The van der Waals surface area contributed by atoms with E-state index >= 15 is 0 Å². The van der Waals surface area contributed by atoms with Crippen LogP contribution in [0.5, 0.6) is 0 Å². The lowest BCUT2D eigenvalue weighted by Gasteiger charge is -2.14. The average molecular weight is 464 g/mol. The Morgan fingerprint density at radius 2 is 2.03 bits per heavy atom. The first-order valence-electron chi connectivity index (χ1n) is 10.5. The van der Waals surface area contributed by atoms with E-state index in [1.807, 2.05) is 30.3 Å². The number of aliphatic hydroxyl groups excluding tert-OH is 2. The lowest BCUT2D eigenvalue weighted by molar-refractivity contribution is -0.383. The molecule has 0 spiro atoms. The van der Waals surface area contributed by atoms with Crippen LogP contribution >= 0.6 is 0 Å². The number of ether oxygens (including phenoxy) is 1. The Bertz CT molecular complexity index is 1420. The van der Waals surface area contributed by atoms with Crippen molar-refractivity contribution in [3.05, 3.63) is 75.3 Å². The number of imidazole rings is 1. The number of hydrogen-bond acceptors (Lipinski definition) is 9. The van der Waals surface area contributed by atoms with Crippen molar-refractivity contribution in [3.8, 4) is 11.1 Å². The second kappa shape index (κ2) is 8.67. The molecule has 174 valence electrons. The smallest absolute Gasteiger partial charge is 0.292 e. The number of rotatable bonds is 6. The number of hydrogen-bond donors (Lipinski definition) is 4. The van der Waals surface area contributed by atoms with Crippen molar-refractivity contribution in [2.24, 2.45) is 0 Å². The topological polar surface area (TPSA) is 168 Å². The van der Waals surface area contributed by atoms with Gasteiger partial charge in [-0.2, -0.15) is 4.98 Å². The van der Waals surface area contributed by atoms with E-state index in [9.17, 15) is 25.1 Å². The molecule has 4 N–H and O–H groups in total. The van der Waals surface area contributed by atoms with E-state index in [1.54, 1.807) is 12.1 Å². The number of benzene rings is 2. The third kappa shape index (κ3) is 3.90. The van der Waals surface area contributed by atoms with Gasteiger partial charge in [-0.1, -0.05) is 30.3 Å². The van der Waals surface area contributed by atoms with E-state index in [0.29, 0.717) is 0 Å². The van der Waals surface area contributed by atoms with Crippen molar-refractivity contribution >= 4 is 28.5 Å². The highest BCUT2D eigenvalue weighted by atomic mass is 16.6. The lowest BCUT2D eigenvalue weighted by atomic mass is 10.0. The van der Waals surface area contributed by atoms with E-state index in [-0.39, 0.29) is 41.5 Å². The molecule has 1 fully saturated rings. The molecule has 0 radical (unpaired) electrons. The van der Waals surface area contributed by atoms with Gasteiger partial charge in [0.25, 0.3) is 11.2 Å². The Balaban J connectivity index is 1.54. The largest absolute Gasteiger partial charge is 0.394 e. The summed E-state index contributed by atoms with van der Waals surface area (Å²) < 4.78 is 7.14. The fourth-order valence-electron chi connectivity index (χ4n) is 3.98. The summed E-state index contributed by atoms with van der Waals surface area (Å²) in [6, 6.07) is 14.0. The quantitative estimate of drug-likeness (QED) is 0.246. The molecular weight excluding hydrogens is 444 g/mol. The van der Waals surface area contributed by atoms with Gasteiger partial charge in [0.2, 0.25) is 5.95 Å². The van der Waals surface area contributed by atoms with E-state index in [2.05, 4.69) is 20.3 Å². The lowest BCUT2D eigenvalue weighted by Crippen LogP contribution is -2.24. The molecule has 3 atom stereocenters. The van der Waals surface area contributed by atoms with Crippen LogP contribution in [0.4, 0.5) is 17.3 Å². The fraction of sp³-hybridized carbons (Fsp3) is 0.227. The summed E-state index contributed by atoms with van der Waals surface area (Å²) in [6.07, 6.45) is -0.777. The van der Waals surface area contributed by atoms with Crippen LogP contribution in [0.25, 0.3) is 22.3 Å². The Hall–Kier alpha value is -4.13. The van der Waals surface area contributed by atoms with Crippen molar-refractivity contribution in [1.82, 2.24) is 19.5 Å². The molecule has 0 unspecified atom stereocenters. The molecule has 0 aliphatic carbocycles. The minimum atomic E-state index is -0.879. The summed E-state index contributed by atoms with van der Waals surface area (Å²) in [5, 5.41) is 33.9. The zero-order valence-corrected chi connectivity index (χ0v) is 17.7. The third-order valence-corrected chi connectivity index (χ3v) is 5.68. The van der Waals surface area contributed by atoms with Crippen LogP contribution in [0.3, 0.4) is 0 Å². The number of nitrogens with one attached hydrogen (secondary N) is 2. The number of nitrogens with zero attached hydrogens (tertiary/aromatic N) is 4. The molecule has 1 saturated heterocycles. The van der Waals surface area contributed by atoms with Gasteiger partial charge in [-0.15, -0.1) is 0 Å². The standard InChI is InChI=1S/C22H20N6O6/c29-10-17-16(30)9-18(34-17)27-11-23-19-20(27)25-22(26-21(19)31)24-14-8-13(6-7-15(14)28(32)33)12-4-2-1-3-5-12/h1-8,11,16-18,29-30H,9-10H2,(H2,24,25,26,31)/t16-,17+,18+/m0/s1. The highest BCUT2D eigenvalue weighted by Crippen LogP contribution is 2.33. The first-order chi connectivity index (χ1) is 16.4. The molecule has 12 nitrogen and oxygen atoms in total. The van der Waals surface area contributed by atoms with Gasteiger partial charge in [0.15, 0.2) is 11.2 Å². The number of aromatic amines is 1. The predicted molar refractivity (Wildman–Crippen MR) is 122 cm³/mol. The number of aromatic nitrogens is 4. The van der Waals surface area contributed by atoms with Gasteiger partial charge in [0.1, 0.15) is 18.0 Å². The Morgan fingerprint density at radius 3 is 2.74 bits per heavy atom. The fourth-order valence-corrected chi connectivity index (χ4v) is 3.98. The van der Waals surface area contributed by atoms with Crippen molar-refractivity contribution < 1.29 is 19.9 Å². The SMILES string of the molecule is O=c1[nH]c(Nc2cc(-c3ccccc3)ccc2[N+](=O)[O-])nc2c1ncn2[C@H]1C[C@H](O)[C@@H](CO)O1. The monoisotopic (exact) mass is 464 g/mol. The van der Waals surface area contributed by atoms with E-state index in [1.165, 1.54) is 17.0 Å². The molecule has 5 rings (SSSR count). The summed E-state index contributed by atoms with van der Waals surface area (Å²) in [4.78, 5) is 34.8. The van der Waals surface area contributed by atoms with Gasteiger partial charge in [-0.3, -0.25) is 24.5 Å². The summed E-state index contributed by atoms with van der Waals surface area (Å²) in [6.45, 7) is -0.355. The van der Waals surface area contributed by atoms with Crippen molar-refractivity contribution in [3.63, 3.8) is 0 Å². The average Bonchev–Trinajstić information content (AvgIpc) is 3.42. The summed E-state index contributed by atoms with van der Waals surface area (Å²) in [5.41, 5.74) is 1.23. The van der Waals surface area contributed by atoms with Crippen LogP contribution in [0.2, 0.25) is 0 Å². The highest BCUT2D eigenvalue weighted by molar-refractivity contribution is 5.77. The molecule has 34 heavy (non-hydrogen) atoms. The number of nitro groups is 1. The Kier molecular flexibility index (Phi) is 5.53. The minimum absolute atomic E-state index is 0.0233. The van der Waals surface area contributed by atoms with E-state index < -0.39 is 28.9 Å². The van der Waals surface area contributed by atoms with Crippen LogP contribution in [0, 0.1) is 10.1 Å². The summed E-state index contributed by atoms with van der Waals surface area (Å²) >= 11 is 0. The number of H-pyrrole nitrogens is 1. The summed E-state index contributed by atoms with van der Waals surface area (Å²) in [7, 11) is 0. The molecular formula is C22H20N6O6. The van der Waals surface area contributed by atoms with Crippen LogP contribution in [0.15, 0.2) is 59.7 Å². The maximum Gasteiger partial charge on any atom is 0.292 e. The van der Waals surface area contributed by atoms with Gasteiger partial charge >= 0.3 is 0 Å². The van der Waals surface area contributed by atoms with E-state index in [0.717, 1.165) is 11.1 Å². The second-order valence-electron chi connectivity index (χ2n) is 7.83. The number of fused-ring (bicyclic) bond motifs is 1. The third-order valence-electron chi connectivity index (χ3n) is 5.68. The molecule has 3 heterocycles. The van der Waals surface area contributed by atoms with E-state index in [4.69, 9.17) is 4.74 Å². The highest BCUT2D eigenvalue weighted by Gasteiger charge is 2.35. The molecule has 0 saturated carbocycles. The molecule has 1 aliphatic heterocycles. The van der Waals surface area contributed by atoms with Crippen LogP contribution in [0.1, 0.15) is 12.6 Å². The summed E-state index contributed by atoms with van der Waals surface area (Å²) in [5.74, 6) is -0.0233. The Morgan fingerprint density at radius 1 is 1.24 bits per heavy atom. The number of aliphatic hydroxyl groups is 2. The molecule has 12 heteroatoms. The first-order valence-corrected chi connectivity index (χ1v) is 10.5. The zero-order valence-electron chi connectivity index (χ0n) is 17.7. The number of anilines is 2. The molecule has 0 amide bonds. The maximum atomic E-state index is 12.6. The maximum absolute atomic E-state index is 12.6. The van der Waals surface area contributed by atoms with Gasteiger partial charge in [-0.05, 0) is 23.3 Å². The molecule has 2 aromatic carbocycles. The van der Waals surface area contributed by atoms with Crippen LogP contribution in [-0.4, -0.2) is 53.5 Å². The Labute approximate surface area is 191 Å². The first kappa shape index (κ1) is 21.7. The van der Waals surface area contributed by atoms with Crippen molar-refractivity contribution in [1.29, 1.82) is 0 Å². The van der Waals surface area contributed by atoms with Crippen molar-refractivity contribution in [2.75, 3.05) is 11.9 Å². The van der Waals surface area contributed by atoms with Crippen LogP contribution < -0.4 is 10.9 Å². The zero-order chi connectivity index (χ0) is 23.8. The normalized spacial score (nSPS) is 20.0. The molecule has 1 aliphatic rings. The van der Waals surface area contributed by atoms with Gasteiger partial charge in [-0.25, -0.2) is 4.98 Å². The molecule has 2 aromatic heterocycles. The van der Waals surface area contributed by atoms with Crippen molar-refractivity contribution in [2.45, 2.75) is 24.9 Å². The minimum Gasteiger partial charge on any atom is -0.394 e. The van der Waals surface area contributed by atoms with Gasteiger partial charge in [0.05, 0.1) is 24.0 Å². The predicted octanol–water partition coefficient (Wildman–Crippen LogP) is 2.08. The second-order valence-corrected chi connectivity index (χ2v) is 7.83. The molecule has 0 bridgehead atoms. The molecule has 4 aromatic rings. The number of nitro benzene ring substituents is 1. The van der Waals surface area contributed by atoms with Gasteiger partial charge < -0.3 is 20.3 Å².